The number of methoxy groups -OCH3 is 1. The standard InChI is InChI=1S/C26H37N3O5S/c1-8-24(26(31)27-18(2)3)28(16-21-10-9-11-23(15-21)34-6)25(30)17-29(35(7,32)33)22-13-12-19(4)20(5)14-22/h9-15,18,24H,8,16-17H2,1-7H3,(H,27,31). The molecule has 2 rings (SSSR count). The van der Waals surface area contributed by atoms with E-state index in [0.29, 0.717) is 17.9 Å². The Kier molecular flexibility index (Phi) is 9.71. The molecule has 0 heterocycles. The topological polar surface area (TPSA) is 96.0 Å². The number of aryl methyl sites for hydroxylation is 2. The third-order valence-electron chi connectivity index (χ3n) is 5.76. The van der Waals surface area contributed by atoms with Gasteiger partial charge in [0.25, 0.3) is 0 Å². The fraction of sp³-hybridized carbons (Fsp3) is 0.462. The molecule has 1 N–H and O–H groups in total. The summed E-state index contributed by atoms with van der Waals surface area (Å²) in [6.07, 6.45) is 1.45. The largest absolute Gasteiger partial charge is 0.497 e. The molecule has 0 bridgehead atoms. The van der Waals surface area contributed by atoms with Crippen LogP contribution in [0, 0.1) is 13.8 Å². The van der Waals surface area contributed by atoms with E-state index in [0.717, 1.165) is 27.3 Å². The van der Waals surface area contributed by atoms with Gasteiger partial charge in [-0.15, -0.1) is 0 Å². The number of carbonyl (C=O) groups is 2. The van der Waals surface area contributed by atoms with E-state index in [2.05, 4.69) is 5.32 Å². The van der Waals surface area contributed by atoms with E-state index in [9.17, 15) is 18.0 Å². The lowest BCUT2D eigenvalue weighted by atomic mass is 10.1. The average Bonchev–Trinajstić information content (AvgIpc) is 2.78. The molecule has 1 unspecified atom stereocenters. The van der Waals surface area contributed by atoms with E-state index in [4.69, 9.17) is 4.74 Å². The summed E-state index contributed by atoms with van der Waals surface area (Å²) in [5, 5.41) is 2.88. The molecule has 0 spiro atoms. The molecule has 0 fully saturated rings. The van der Waals surface area contributed by atoms with Crippen molar-refractivity contribution in [2.75, 3.05) is 24.2 Å². The average molecular weight is 504 g/mol. The van der Waals surface area contributed by atoms with Gasteiger partial charge in [0.1, 0.15) is 18.3 Å². The number of anilines is 1. The number of rotatable bonds is 11. The zero-order valence-electron chi connectivity index (χ0n) is 21.7. The molecule has 192 valence electrons. The number of hydrogen-bond donors (Lipinski definition) is 1. The van der Waals surface area contributed by atoms with Crippen molar-refractivity contribution in [3.8, 4) is 5.75 Å². The van der Waals surface area contributed by atoms with E-state index in [1.165, 1.54) is 4.90 Å². The van der Waals surface area contributed by atoms with Crippen molar-refractivity contribution in [1.82, 2.24) is 10.2 Å². The number of hydrogen-bond acceptors (Lipinski definition) is 5. The molecular formula is C26H37N3O5S. The molecule has 9 heteroatoms. The fourth-order valence-corrected chi connectivity index (χ4v) is 4.60. The molecule has 0 aliphatic heterocycles. The lowest BCUT2D eigenvalue weighted by molar-refractivity contribution is -0.140. The first-order valence-electron chi connectivity index (χ1n) is 11.6. The van der Waals surface area contributed by atoms with Crippen LogP contribution < -0.4 is 14.4 Å². The number of benzene rings is 2. The molecule has 0 aliphatic rings. The summed E-state index contributed by atoms with van der Waals surface area (Å²) in [7, 11) is -2.21. The van der Waals surface area contributed by atoms with Crippen molar-refractivity contribution in [2.24, 2.45) is 0 Å². The van der Waals surface area contributed by atoms with Gasteiger partial charge in [-0.25, -0.2) is 8.42 Å². The quantitative estimate of drug-likeness (QED) is 0.507. The smallest absolute Gasteiger partial charge is 0.244 e. The summed E-state index contributed by atoms with van der Waals surface area (Å²) in [5.41, 5.74) is 3.11. The van der Waals surface area contributed by atoms with Gasteiger partial charge in [0.05, 0.1) is 19.1 Å². The Morgan fingerprint density at radius 3 is 2.29 bits per heavy atom. The number of sulfonamides is 1. The van der Waals surface area contributed by atoms with Gasteiger partial charge < -0.3 is 15.0 Å². The van der Waals surface area contributed by atoms with Crippen LogP contribution in [0.25, 0.3) is 0 Å². The number of amides is 2. The molecule has 0 aromatic heterocycles. The van der Waals surface area contributed by atoms with E-state index in [1.807, 2.05) is 52.8 Å². The Hall–Kier alpha value is -3.07. The normalized spacial score (nSPS) is 12.2. The predicted molar refractivity (Wildman–Crippen MR) is 139 cm³/mol. The molecule has 2 amide bonds. The summed E-state index contributed by atoms with van der Waals surface area (Å²) in [4.78, 5) is 28.2. The van der Waals surface area contributed by atoms with Gasteiger partial charge in [-0.05, 0) is 75.1 Å². The van der Waals surface area contributed by atoms with Crippen molar-refractivity contribution in [1.29, 1.82) is 0 Å². The number of ether oxygens (including phenoxy) is 1. The van der Waals surface area contributed by atoms with Gasteiger partial charge in [0.2, 0.25) is 21.8 Å². The second-order valence-electron chi connectivity index (χ2n) is 9.00. The third kappa shape index (κ3) is 7.71. The van der Waals surface area contributed by atoms with Crippen LogP contribution in [-0.4, -0.2) is 57.1 Å². The SMILES string of the molecule is CCC(C(=O)NC(C)C)N(Cc1cccc(OC)c1)C(=O)CN(c1ccc(C)c(C)c1)S(C)(=O)=O. The van der Waals surface area contributed by atoms with E-state index in [-0.39, 0.29) is 18.5 Å². The Morgan fingerprint density at radius 1 is 1.06 bits per heavy atom. The van der Waals surface area contributed by atoms with Gasteiger partial charge in [-0.2, -0.15) is 0 Å². The molecule has 0 radical (unpaired) electrons. The van der Waals surface area contributed by atoms with E-state index in [1.54, 1.807) is 31.4 Å². The van der Waals surface area contributed by atoms with Crippen molar-refractivity contribution in [2.45, 2.75) is 59.7 Å². The lowest BCUT2D eigenvalue weighted by Gasteiger charge is -2.33. The van der Waals surface area contributed by atoms with Gasteiger partial charge >= 0.3 is 0 Å². The van der Waals surface area contributed by atoms with Crippen molar-refractivity contribution >= 4 is 27.5 Å². The second-order valence-corrected chi connectivity index (χ2v) is 10.9. The van der Waals surface area contributed by atoms with Crippen LogP contribution in [0.2, 0.25) is 0 Å². The Morgan fingerprint density at radius 2 is 1.74 bits per heavy atom. The highest BCUT2D eigenvalue weighted by Crippen LogP contribution is 2.23. The number of nitrogens with zero attached hydrogens (tertiary/aromatic N) is 2. The molecule has 0 aliphatic carbocycles. The molecular weight excluding hydrogens is 466 g/mol. The minimum absolute atomic E-state index is 0.103. The van der Waals surface area contributed by atoms with Gasteiger partial charge in [-0.3, -0.25) is 13.9 Å². The highest BCUT2D eigenvalue weighted by Gasteiger charge is 2.32. The van der Waals surface area contributed by atoms with Crippen LogP contribution in [0.4, 0.5) is 5.69 Å². The molecule has 8 nitrogen and oxygen atoms in total. The highest BCUT2D eigenvalue weighted by molar-refractivity contribution is 7.92. The first kappa shape index (κ1) is 28.2. The van der Waals surface area contributed by atoms with Gasteiger partial charge in [-0.1, -0.05) is 25.1 Å². The van der Waals surface area contributed by atoms with Crippen molar-refractivity contribution in [3.05, 3.63) is 59.2 Å². The fourth-order valence-electron chi connectivity index (χ4n) is 3.76. The Balaban J connectivity index is 2.47. The second kappa shape index (κ2) is 12.1. The van der Waals surface area contributed by atoms with Crippen LogP contribution in [0.15, 0.2) is 42.5 Å². The Bertz CT molecular complexity index is 1150. The maximum absolute atomic E-state index is 13.7. The van der Waals surface area contributed by atoms with Crippen molar-refractivity contribution in [3.63, 3.8) is 0 Å². The number of nitrogens with one attached hydrogen (secondary N) is 1. The summed E-state index contributed by atoms with van der Waals surface area (Å²) in [6.45, 7) is 9.06. The lowest BCUT2D eigenvalue weighted by Crippen LogP contribution is -2.53. The van der Waals surface area contributed by atoms with Crippen LogP contribution in [0.1, 0.15) is 43.9 Å². The first-order chi connectivity index (χ1) is 16.4. The summed E-state index contributed by atoms with van der Waals surface area (Å²) < 4.78 is 31.8. The minimum atomic E-state index is -3.77. The monoisotopic (exact) mass is 503 g/mol. The zero-order chi connectivity index (χ0) is 26.3. The van der Waals surface area contributed by atoms with Crippen LogP contribution in [0.3, 0.4) is 0 Å². The first-order valence-corrected chi connectivity index (χ1v) is 13.5. The molecule has 0 saturated heterocycles. The Labute approximate surface area is 209 Å². The predicted octanol–water partition coefficient (Wildman–Crippen LogP) is 3.41. The molecule has 35 heavy (non-hydrogen) atoms. The van der Waals surface area contributed by atoms with Crippen LogP contribution in [-0.2, 0) is 26.2 Å². The van der Waals surface area contributed by atoms with E-state index >= 15 is 0 Å². The van der Waals surface area contributed by atoms with Crippen LogP contribution in [0.5, 0.6) is 5.75 Å². The van der Waals surface area contributed by atoms with Gasteiger partial charge in [0, 0.05) is 12.6 Å². The highest BCUT2D eigenvalue weighted by atomic mass is 32.2. The molecule has 0 saturated carbocycles. The molecule has 2 aromatic rings. The van der Waals surface area contributed by atoms with Crippen molar-refractivity contribution < 1.29 is 22.7 Å². The van der Waals surface area contributed by atoms with Crippen LogP contribution >= 0.6 is 0 Å². The zero-order valence-corrected chi connectivity index (χ0v) is 22.5. The molecule has 2 aromatic carbocycles. The number of carbonyl (C=O) groups excluding carboxylic acids is 2. The maximum Gasteiger partial charge on any atom is 0.244 e. The third-order valence-corrected chi connectivity index (χ3v) is 6.90. The minimum Gasteiger partial charge on any atom is -0.497 e. The summed E-state index contributed by atoms with van der Waals surface area (Å²) in [6, 6.07) is 11.6. The maximum atomic E-state index is 13.7. The summed E-state index contributed by atoms with van der Waals surface area (Å²) >= 11 is 0. The van der Waals surface area contributed by atoms with E-state index < -0.39 is 28.5 Å². The van der Waals surface area contributed by atoms with Gasteiger partial charge in [0.15, 0.2) is 0 Å². The summed E-state index contributed by atoms with van der Waals surface area (Å²) in [5.74, 6) is -0.125. The molecule has 1 atom stereocenters.